The van der Waals surface area contributed by atoms with E-state index in [1.165, 1.54) is 12.8 Å². The third-order valence-corrected chi connectivity index (χ3v) is 2.90. The molecule has 0 aromatic heterocycles. The summed E-state index contributed by atoms with van der Waals surface area (Å²) in [6.45, 7) is 2.92. The van der Waals surface area contributed by atoms with Gasteiger partial charge in [0.2, 0.25) is 5.91 Å². The van der Waals surface area contributed by atoms with Gasteiger partial charge in [0.15, 0.2) is 0 Å². The Kier molecular flexibility index (Phi) is 4.94. The van der Waals surface area contributed by atoms with Crippen molar-refractivity contribution in [3.8, 4) is 0 Å². The first kappa shape index (κ1) is 11.5. The van der Waals surface area contributed by atoms with Crippen LogP contribution in [0.5, 0.6) is 0 Å². The molecule has 1 aliphatic rings. The molecule has 0 spiro atoms. The fourth-order valence-corrected chi connectivity index (χ4v) is 1.76. The van der Waals surface area contributed by atoms with Crippen LogP contribution in [0.15, 0.2) is 0 Å². The Morgan fingerprint density at radius 3 is 2.79 bits per heavy atom. The smallest absolute Gasteiger partial charge is 0.220 e. The van der Waals surface area contributed by atoms with E-state index in [0.717, 1.165) is 31.7 Å². The highest BCUT2D eigenvalue weighted by Gasteiger charge is 2.35. The maximum atomic E-state index is 11.4. The van der Waals surface area contributed by atoms with Gasteiger partial charge in [0, 0.05) is 12.5 Å². The van der Waals surface area contributed by atoms with E-state index < -0.39 is 0 Å². The summed E-state index contributed by atoms with van der Waals surface area (Å²) in [6, 6.07) is 0.488. The Morgan fingerprint density at radius 1 is 1.43 bits per heavy atom. The monoisotopic (exact) mass is 198 g/mol. The normalized spacial score (nSPS) is 24.7. The summed E-state index contributed by atoms with van der Waals surface area (Å²) in [5.41, 5.74) is 5.37. The second-order valence-corrected chi connectivity index (χ2v) is 4.18. The molecule has 0 bridgehead atoms. The summed E-state index contributed by atoms with van der Waals surface area (Å²) in [5.74, 6) is 0.978. The van der Waals surface area contributed by atoms with E-state index in [9.17, 15) is 4.79 Å². The molecule has 3 N–H and O–H groups in total. The molecule has 1 aliphatic carbocycles. The Balaban J connectivity index is 1.95. The average molecular weight is 198 g/mol. The molecule has 0 saturated heterocycles. The van der Waals surface area contributed by atoms with Crippen molar-refractivity contribution < 1.29 is 4.79 Å². The second kappa shape index (κ2) is 6.02. The number of carbonyl (C=O) groups excluding carboxylic acids is 1. The molecule has 2 unspecified atom stereocenters. The first-order valence-electron chi connectivity index (χ1n) is 5.77. The van der Waals surface area contributed by atoms with Crippen LogP contribution >= 0.6 is 0 Å². The summed E-state index contributed by atoms with van der Waals surface area (Å²) >= 11 is 0. The number of unbranched alkanes of at least 4 members (excludes halogenated alkanes) is 2. The van der Waals surface area contributed by atoms with Crippen molar-refractivity contribution in [3.63, 3.8) is 0 Å². The zero-order chi connectivity index (χ0) is 10.4. The summed E-state index contributed by atoms with van der Waals surface area (Å²) in [5, 5.41) is 3.06. The molecular weight excluding hydrogens is 176 g/mol. The van der Waals surface area contributed by atoms with E-state index in [2.05, 4.69) is 12.2 Å². The Morgan fingerprint density at radius 2 is 2.21 bits per heavy atom. The molecule has 0 aliphatic heterocycles. The van der Waals surface area contributed by atoms with Crippen LogP contribution in [0.1, 0.15) is 45.4 Å². The highest BCUT2D eigenvalue weighted by Crippen LogP contribution is 2.33. The maximum Gasteiger partial charge on any atom is 0.220 e. The molecule has 1 saturated carbocycles. The van der Waals surface area contributed by atoms with Crippen molar-refractivity contribution in [2.45, 2.75) is 51.5 Å². The first-order chi connectivity index (χ1) is 6.77. The van der Waals surface area contributed by atoms with Crippen molar-refractivity contribution in [1.29, 1.82) is 0 Å². The summed E-state index contributed by atoms with van der Waals surface area (Å²) in [6.07, 6.45) is 6.14. The van der Waals surface area contributed by atoms with Gasteiger partial charge in [0.05, 0.1) is 0 Å². The molecule has 14 heavy (non-hydrogen) atoms. The molecule has 1 rings (SSSR count). The third kappa shape index (κ3) is 4.09. The molecule has 1 fully saturated rings. The predicted octanol–water partition coefficient (Wildman–Crippen LogP) is 1.42. The van der Waals surface area contributed by atoms with Crippen LogP contribution in [0.2, 0.25) is 0 Å². The molecular formula is C11H22N2O. The molecule has 1 amide bonds. The van der Waals surface area contributed by atoms with Crippen LogP contribution in [0.3, 0.4) is 0 Å². The lowest BCUT2D eigenvalue weighted by Gasteiger charge is -2.03. The van der Waals surface area contributed by atoms with Crippen LogP contribution in [0.4, 0.5) is 0 Å². The zero-order valence-corrected chi connectivity index (χ0v) is 9.09. The Bertz CT molecular complexity index is 182. The number of nitrogens with one attached hydrogen (secondary N) is 1. The molecule has 3 heteroatoms. The fourth-order valence-electron chi connectivity index (χ4n) is 1.76. The minimum absolute atomic E-state index is 0.225. The first-order valence-corrected chi connectivity index (χ1v) is 5.77. The molecule has 0 heterocycles. The van der Waals surface area contributed by atoms with Crippen LogP contribution in [0, 0.1) is 5.92 Å². The number of amides is 1. The second-order valence-electron chi connectivity index (χ2n) is 4.18. The number of hydrogen-bond donors (Lipinski definition) is 2. The Labute approximate surface area is 86.4 Å². The fraction of sp³-hybridized carbons (Fsp3) is 0.909. The lowest BCUT2D eigenvalue weighted by molar-refractivity contribution is -0.121. The van der Waals surface area contributed by atoms with Crippen LogP contribution in [-0.4, -0.2) is 18.5 Å². The molecule has 0 aromatic carbocycles. The maximum absolute atomic E-state index is 11.4. The van der Waals surface area contributed by atoms with Gasteiger partial charge in [-0.2, -0.15) is 0 Å². The van der Waals surface area contributed by atoms with E-state index in [-0.39, 0.29) is 5.91 Å². The van der Waals surface area contributed by atoms with Gasteiger partial charge in [-0.1, -0.05) is 19.8 Å². The van der Waals surface area contributed by atoms with E-state index in [4.69, 9.17) is 5.73 Å². The summed E-state index contributed by atoms with van der Waals surface area (Å²) in [7, 11) is 0. The standard InChI is InChI=1S/C11H22N2O/c1-2-9-8-10(9)13-11(14)6-4-3-5-7-12/h9-10H,2-8,12H2,1H3,(H,13,14). The van der Waals surface area contributed by atoms with Gasteiger partial charge in [-0.15, -0.1) is 0 Å². The lowest BCUT2D eigenvalue weighted by atomic mass is 10.2. The van der Waals surface area contributed by atoms with Crippen molar-refractivity contribution in [2.75, 3.05) is 6.54 Å². The van der Waals surface area contributed by atoms with Crippen molar-refractivity contribution in [1.82, 2.24) is 5.32 Å². The van der Waals surface area contributed by atoms with Gasteiger partial charge in [0.25, 0.3) is 0 Å². The number of rotatable bonds is 7. The van der Waals surface area contributed by atoms with Gasteiger partial charge in [-0.25, -0.2) is 0 Å². The number of carbonyl (C=O) groups is 1. The highest BCUT2D eigenvalue weighted by molar-refractivity contribution is 5.76. The van der Waals surface area contributed by atoms with E-state index in [0.29, 0.717) is 12.5 Å². The van der Waals surface area contributed by atoms with E-state index in [1.807, 2.05) is 0 Å². The number of nitrogens with two attached hydrogens (primary N) is 1. The third-order valence-electron chi connectivity index (χ3n) is 2.90. The summed E-state index contributed by atoms with van der Waals surface area (Å²) in [4.78, 5) is 11.4. The van der Waals surface area contributed by atoms with Gasteiger partial charge in [-0.3, -0.25) is 4.79 Å². The largest absolute Gasteiger partial charge is 0.353 e. The topological polar surface area (TPSA) is 55.1 Å². The number of hydrogen-bond acceptors (Lipinski definition) is 2. The zero-order valence-electron chi connectivity index (χ0n) is 9.09. The molecule has 2 atom stereocenters. The van der Waals surface area contributed by atoms with Gasteiger partial charge in [0.1, 0.15) is 0 Å². The minimum atomic E-state index is 0.225. The molecule has 3 nitrogen and oxygen atoms in total. The molecule has 82 valence electrons. The van der Waals surface area contributed by atoms with Crippen LogP contribution < -0.4 is 11.1 Å². The average Bonchev–Trinajstić information content (AvgIpc) is 2.91. The van der Waals surface area contributed by atoms with Crippen LogP contribution in [0.25, 0.3) is 0 Å². The van der Waals surface area contributed by atoms with Crippen LogP contribution in [-0.2, 0) is 4.79 Å². The van der Waals surface area contributed by atoms with E-state index in [1.54, 1.807) is 0 Å². The SMILES string of the molecule is CCC1CC1NC(=O)CCCCCN. The summed E-state index contributed by atoms with van der Waals surface area (Å²) < 4.78 is 0. The molecule has 0 radical (unpaired) electrons. The van der Waals surface area contributed by atoms with Gasteiger partial charge >= 0.3 is 0 Å². The predicted molar refractivity (Wildman–Crippen MR) is 57.9 cm³/mol. The van der Waals surface area contributed by atoms with Gasteiger partial charge in [-0.05, 0) is 31.7 Å². The van der Waals surface area contributed by atoms with Crippen molar-refractivity contribution >= 4 is 5.91 Å². The van der Waals surface area contributed by atoms with Crippen molar-refractivity contribution in [2.24, 2.45) is 11.7 Å². The molecule has 0 aromatic rings. The Hall–Kier alpha value is -0.570. The highest BCUT2D eigenvalue weighted by atomic mass is 16.1. The quantitative estimate of drug-likeness (QED) is 0.608. The van der Waals surface area contributed by atoms with E-state index >= 15 is 0 Å². The minimum Gasteiger partial charge on any atom is -0.353 e. The lowest BCUT2D eigenvalue weighted by Crippen LogP contribution is -2.26. The van der Waals surface area contributed by atoms with Crippen molar-refractivity contribution in [3.05, 3.63) is 0 Å². The van der Waals surface area contributed by atoms with Gasteiger partial charge < -0.3 is 11.1 Å².